The Morgan fingerprint density at radius 1 is 1.39 bits per heavy atom. The number of ether oxygens (including phenoxy) is 1. The molecule has 1 aromatic rings. The van der Waals surface area contributed by atoms with E-state index < -0.39 is 17.7 Å². The molecule has 0 aliphatic carbocycles. The van der Waals surface area contributed by atoms with Crippen molar-refractivity contribution in [3.8, 4) is 0 Å². The molecule has 1 heterocycles. The Labute approximate surface area is 135 Å². The second-order valence-corrected chi connectivity index (χ2v) is 6.04. The largest absolute Gasteiger partial charge is 0.469 e. The number of likely N-dealkylation sites (tertiary alicyclic amines) is 1. The number of benzene rings is 1. The molecule has 0 bridgehead atoms. The minimum atomic E-state index is -0.970. The van der Waals surface area contributed by atoms with Crippen LogP contribution in [0, 0.1) is 17.6 Å². The fourth-order valence-electron chi connectivity index (χ4n) is 3.00. The maximum absolute atomic E-state index is 13.7. The van der Waals surface area contributed by atoms with Gasteiger partial charge in [0.25, 0.3) is 0 Å². The molecule has 0 amide bonds. The monoisotopic (exact) mass is 327 g/mol. The van der Waals surface area contributed by atoms with Gasteiger partial charge in [0.15, 0.2) is 0 Å². The predicted octanol–water partition coefficient (Wildman–Crippen LogP) is 2.66. The normalized spacial score (nSPS) is 17.9. The van der Waals surface area contributed by atoms with Gasteiger partial charge in [0, 0.05) is 24.6 Å². The van der Waals surface area contributed by atoms with Crippen LogP contribution in [0.1, 0.15) is 37.4 Å². The van der Waals surface area contributed by atoms with E-state index in [1.807, 2.05) is 0 Å². The van der Waals surface area contributed by atoms with Crippen molar-refractivity contribution in [1.29, 1.82) is 0 Å². The predicted molar refractivity (Wildman–Crippen MR) is 81.7 cm³/mol. The molecule has 6 heteroatoms. The van der Waals surface area contributed by atoms with Gasteiger partial charge in [-0.25, -0.2) is 8.78 Å². The summed E-state index contributed by atoms with van der Waals surface area (Å²) in [6.45, 7) is 1.92. The van der Waals surface area contributed by atoms with Crippen molar-refractivity contribution in [2.45, 2.75) is 31.8 Å². The highest BCUT2D eigenvalue weighted by molar-refractivity contribution is 5.69. The average Bonchev–Trinajstić information content (AvgIpc) is 2.53. The smallest absolute Gasteiger partial charge is 0.305 e. The number of carbonyl (C=O) groups excluding carboxylic acids is 1. The summed E-state index contributed by atoms with van der Waals surface area (Å²) in [6, 6.07) is 3.23. The van der Waals surface area contributed by atoms with Crippen LogP contribution in [0.4, 0.5) is 8.78 Å². The van der Waals surface area contributed by atoms with Crippen LogP contribution in [0.2, 0.25) is 0 Å². The first-order valence-electron chi connectivity index (χ1n) is 7.91. The molecule has 1 N–H and O–H groups in total. The molecular weight excluding hydrogens is 304 g/mol. The van der Waals surface area contributed by atoms with Crippen molar-refractivity contribution in [2.75, 3.05) is 26.7 Å². The first kappa shape index (κ1) is 17.8. The summed E-state index contributed by atoms with van der Waals surface area (Å²) in [5.74, 6) is -1.07. The third kappa shape index (κ3) is 5.25. The number of halogens is 2. The van der Waals surface area contributed by atoms with Crippen molar-refractivity contribution in [1.82, 2.24) is 4.90 Å². The van der Waals surface area contributed by atoms with Crippen molar-refractivity contribution in [3.05, 3.63) is 35.4 Å². The Balaban J connectivity index is 1.78. The summed E-state index contributed by atoms with van der Waals surface area (Å²) in [7, 11) is 1.39. The van der Waals surface area contributed by atoms with E-state index in [1.54, 1.807) is 0 Å². The minimum Gasteiger partial charge on any atom is -0.469 e. The number of hydrogen-bond donors (Lipinski definition) is 1. The zero-order chi connectivity index (χ0) is 16.8. The lowest BCUT2D eigenvalue weighted by Gasteiger charge is -2.33. The molecule has 1 aromatic carbocycles. The zero-order valence-electron chi connectivity index (χ0n) is 13.3. The van der Waals surface area contributed by atoms with Gasteiger partial charge in [-0.15, -0.1) is 0 Å². The summed E-state index contributed by atoms with van der Waals surface area (Å²) in [6.07, 6.45) is 2.16. The summed E-state index contributed by atoms with van der Waals surface area (Å²) in [4.78, 5) is 13.2. The first-order valence-corrected chi connectivity index (χ1v) is 7.91. The number of aliphatic hydroxyl groups excluding tert-OH is 1. The lowest BCUT2D eigenvalue weighted by molar-refractivity contribution is -0.141. The number of rotatable bonds is 6. The fraction of sp³-hybridized carbons (Fsp3) is 0.588. The van der Waals surface area contributed by atoms with E-state index >= 15 is 0 Å². The van der Waals surface area contributed by atoms with E-state index in [0.717, 1.165) is 44.5 Å². The van der Waals surface area contributed by atoms with Gasteiger partial charge in [0.05, 0.1) is 13.2 Å². The number of nitrogens with zero attached hydrogens (tertiary/aromatic N) is 1. The van der Waals surface area contributed by atoms with E-state index in [9.17, 15) is 18.7 Å². The molecule has 1 atom stereocenters. The molecule has 4 nitrogen and oxygen atoms in total. The van der Waals surface area contributed by atoms with Crippen molar-refractivity contribution in [3.63, 3.8) is 0 Å². The van der Waals surface area contributed by atoms with E-state index in [-0.39, 0.29) is 11.5 Å². The average molecular weight is 327 g/mol. The van der Waals surface area contributed by atoms with E-state index in [2.05, 4.69) is 9.64 Å². The second kappa shape index (κ2) is 8.36. The molecule has 1 saturated heterocycles. The highest BCUT2D eigenvalue weighted by Gasteiger charge is 2.23. The van der Waals surface area contributed by atoms with Crippen LogP contribution in [0.15, 0.2) is 18.2 Å². The second-order valence-electron chi connectivity index (χ2n) is 6.04. The summed E-state index contributed by atoms with van der Waals surface area (Å²) in [5, 5.41) is 10.2. The Hall–Kier alpha value is -1.53. The molecular formula is C17H23F2NO3. The Morgan fingerprint density at radius 3 is 2.70 bits per heavy atom. The molecule has 1 aliphatic heterocycles. The SMILES string of the molecule is COC(=O)CCC1CCN(CC(O)c2ccc(F)cc2F)CC1. The number of carbonyl (C=O) groups is 1. The van der Waals surface area contributed by atoms with Crippen LogP contribution in [0.3, 0.4) is 0 Å². The molecule has 128 valence electrons. The van der Waals surface area contributed by atoms with Crippen LogP contribution in [0.5, 0.6) is 0 Å². The topological polar surface area (TPSA) is 49.8 Å². The lowest BCUT2D eigenvalue weighted by Crippen LogP contribution is -2.36. The van der Waals surface area contributed by atoms with Crippen molar-refractivity contribution >= 4 is 5.97 Å². The molecule has 0 aromatic heterocycles. The maximum atomic E-state index is 13.7. The van der Waals surface area contributed by atoms with Crippen LogP contribution in [0.25, 0.3) is 0 Å². The first-order chi connectivity index (χ1) is 11.0. The van der Waals surface area contributed by atoms with Gasteiger partial charge in [-0.1, -0.05) is 6.07 Å². The lowest BCUT2D eigenvalue weighted by atomic mass is 9.92. The van der Waals surface area contributed by atoms with Gasteiger partial charge in [0.2, 0.25) is 0 Å². The molecule has 2 rings (SSSR count). The van der Waals surface area contributed by atoms with Crippen LogP contribution in [-0.2, 0) is 9.53 Å². The Bertz CT molecular complexity index is 531. The summed E-state index contributed by atoms with van der Waals surface area (Å²) >= 11 is 0. The van der Waals surface area contributed by atoms with E-state index in [0.29, 0.717) is 18.9 Å². The number of β-amino-alcohol motifs (C(OH)–C–C–N with tert-alkyl or cyclic N) is 1. The third-order valence-electron chi connectivity index (χ3n) is 4.44. The minimum absolute atomic E-state index is 0.124. The highest BCUT2D eigenvalue weighted by Crippen LogP contribution is 2.25. The number of methoxy groups -OCH3 is 1. The van der Waals surface area contributed by atoms with Gasteiger partial charge in [-0.05, 0) is 44.3 Å². The van der Waals surface area contributed by atoms with Crippen molar-refractivity contribution < 1.29 is 23.4 Å². The third-order valence-corrected chi connectivity index (χ3v) is 4.44. The Kier molecular flexibility index (Phi) is 6.47. The van der Waals surface area contributed by atoms with Crippen molar-refractivity contribution in [2.24, 2.45) is 5.92 Å². The number of esters is 1. The van der Waals surface area contributed by atoms with E-state index in [1.165, 1.54) is 13.2 Å². The quantitative estimate of drug-likeness (QED) is 0.816. The molecule has 23 heavy (non-hydrogen) atoms. The summed E-state index contributed by atoms with van der Waals surface area (Å²) < 4.78 is 31.2. The van der Waals surface area contributed by atoms with Gasteiger partial charge in [0.1, 0.15) is 11.6 Å². The van der Waals surface area contributed by atoms with Crippen LogP contribution < -0.4 is 0 Å². The van der Waals surface area contributed by atoms with Crippen LogP contribution >= 0.6 is 0 Å². The van der Waals surface area contributed by atoms with Crippen LogP contribution in [-0.4, -0.2) is 42.7 Å². The molecule has 0 saturated carbocycles. The fourth-order valence-corrected chi connectivity index (χ4v) is 3.00. The van der Waals surface area contributed by atoms with Gasteiger partial charge < -0.3 is 14.7 Å². The highest BCUT2D eigenvalue weighted by atomic mass is 19.1. The van der Waals surface area contributed by atoms with Gasteiger partial charge in [-0.3, -0.25) is 4.79 Å². The number of hydrogen-bond acceptors (Lipinski definition) is 4. The molecule has 0 spiro atoms. The van der Waals surface area contributed by atoms with E-state index in [4.69, 9.17) is 0 Å². The molecule has 1 aliphatic rings. The number of aliphatic hydroxyl groups is 1. The zero-order valence-corrected chi connectivity index (χ0v) is 13.3. The summed E-state index contributed by atoms with van der Waals surface area (Å²) in [5.41, 5.74) is 0.124. The number of piperidine rings is 1. The van der Waals surface area contributed by atoms with Gasteiger partial charge in [-0.2, -0.15) is 0 Å². The molecule has 1 unspecified atom stereocenters. The van der Waals surface area contributed by atoms with Gasteiger partial charge >= 0.3 is 5.97 Å². The molecule has 1 fully saturated rings. The standard InChI is InChI=1S/C17H23F2NO3/c1-23-17(22)5-2-12-6-8-20(9-7-12)11-16(21)14-4-3-13(18)10-15(14)19/h3-4,10,12,16,21H,2,5-9,11H2,1H3. The maximum Gasteiger partial charge on any atom is 0.305 e. The molecule has 0 radical (unpaired) electrons. The Morgan fingerprint density at radius 2 is 2.09 bits per heavy atom.